The Morgan fingerprint density at radius 1 is 1.24 bits per heavy atom. The summed E-state index contributed by atoms with van der Waals surface area (Å²) in [4.78, 5) is 13.1. The molecule has 0 bridgehead atoms. The van der Waals surface area contributed by atoms with E-state index in [4.69, 9.17) is 39.9 Å². The Morgan fingerprint density at radius 2 is 2.00 bits per heavy atom. The molecule has 118 valence electrons. The molecule has 0 fully saturated rings. The monoisotopic (exact) mass is 352 g/mol. The van der Waals surface area contributed by atoms with Crippen molar-refractivity contribution in [3.63, 3.8) is 0 Å². The molecular weight excluding hydrogens is 335 g/mol. The second-order valence-electron chi connectivity index (χ2n) is 4.59. The van der Waals surface area contributed by atoms with E-state index in [0.717, 1.165) is 18.5 Å². The molecule has 1 rings (SSSR count). The Bertz CT molecular complexity index is 458. The molecule has 0 heterocycles. The number of carbonyl (C=O) groups excluding carboxylic acids is 1. The van der Waals surface area contributed by atoms with E-state index in [1.807, 2.05) is 12.1 Å². The highest BCUT2D eigenvalue weighted by Crippen LogP contribution is 2.23. The lowest BCUT2D eigenvalue weighted by atomic mass is 10.2. The Hall–Kier alpha value is -0.520. The minimum absolute atomic E-state index is 0.0242. The van der Waals surface area contributed by atoms with Crippen molar-refractivity contribution >= 4 is 40.7 Å². The topological polar surface area (TPSA) is 52.6 Å². The zero-order chi connectivity index (χ0) is 15.7. The van der Waals surface area contributed by atoms with Crippen LogP contribution in [0.25, 0.3) is 0 Å². The van der Waals surface area contributed by atoms with Gasteiger partial charge in [-0.05, 0) is 24.1 Å². The van der Waals surface area contributed by atoms with E-state index >= 15 is 0 Å². The molecule has 0 atom stereocenters. The van der Waals surface area contributed by atoms with Crippen LogP contribution in [0.3, 0.4) is 0 Å². The van der Waals surface area contributed by atoms with Crippen LogP contribution in [-0.4, -0.2) is 48.0 Å². The largest absolute Gasteiger partial charge is 0.395 e. The van der Waals surface area contributed by atoms with Crippen LogP contribution in [0.2, 0.25) is 10.0 Å². The van der Waals surface area contributed by atoms with Crippen LogP contribution in [0.15, 0.2) is 18.2 Å². The predicted octanol–water partition coefficient (Wildman–Crippen LogP) is 2.53. The Morgan fingerprint density at radius 3 is 2.62 bits per heavy atom. The van der Waals surface area contributed by atoms with Crippen LogP contribution in [0.4, 0.5) is 0 Å². The molecule has 0 aliphatic rings. The minimum atomic E-state index is -0.171. The third-order valence-corrected chi connectivity index (χ3v) is 3.88. The molecule has 1 aromatic carbocycles. The number of aliphatic hydroxyl groups is 1. The quantitative estimate of drug-likeness (QED) is 0.530. The first kappa shape index (κ1) is 18.5. The lowest BCUT2D eigenvalue weighted by molar-refractivity contribution is -0.118. The zero-order valence-electron chi connectivity index (χ0n) is 11.6. The molecule has 2 N–H and O–H groups in total. The first-order chi connectivity index (χ1) is 10.1. The van der Waals surface area contributed by atoms with Gasteiger partial charge in [0.2, 0.25) is 5.91 Å². The molecule has 0 aliphatic heterocycles. The fourth-order valence-corrected chi connectivity index (χ4v) is 2.30. The van der Waals surface area contributed by atoms with Gasteiger partial charge >= 0.3 is 0 Å². The molecule has 0 saturated carbocycles. The van der Waals surface area contributed by atoms with Crippen LogP contribution in [0.5, 0.6) is 0 Å². The summed E-state index contributed by atoms with van der Waals surface area (Å²) in [5, 5.41) is 12.9. The van der Waals surface area contributed by atoms with Gasteiger partial charge in [0.15, 0.2) is 0 Å². The van der Waals surface area contributed by atoms with Crippen molar-refractivity contribution < 1.29 is 9.90 Å². The Kier molecular flexibility index (Phi) is 9.04. The normalized spacial score (nSPS) is 10.9. The molecule has 7 heteroatoms. The molecule has 1 amide bonds. The van der Waals surface area contributed by atoms with Gasteiger partial charge in [-0.3, -0.25) is 9.69 Å². The number of halogens is 3. The summed E-state index contributed by atoms with van der Waals surface area (Å²) < 4.78 is 0. The van der Waals surface area contributed by atoms with E-state index in [2.05, 4.69) is 10.2 Å². The van der Waals surface area contributed by atoms with Crippen molar-refractivity contribution in [2.45, 2.75) is 13.0 Å². The summed E-state index contributed by atoms with van der Waals surface area (Å²) in [5.41, 5.74) is 1.03. The SMILES string of the molecule is O=C(CCl)NCCCN(CCO)Cc1ccc(Cl)c(Cl)c1. The minimum Gasteiger partial charge on any atom is -0.395 e. The van der Waals surface area contributed by atoms with Gasteiger partial charge in [0.1, 0.15) is 5.88 Å². The lowest BCUT2D eigenvalue weighted by Crippen LogP contribution is -2.31. The molecule has 21 heavy (non-hydrogen) atoms. The number of benzene rings is 1. The molecule has 0 saturated heterocycles. The third-order valence-electron chi connectivity index (χ3n) is 2.90. The van der Waals surface area contributed by atoms with E-state index in [1.54, 1.807) is 6.07 Å². The van der Waals surface area contributed by atoms with Crippen LogP contribution in [-0.2, 0) is 11.3 Å². The number of aliphatic hydroxyl groups excluding tert-OH is 1. The summed E-state index contributed by atoms with van der Waals surface area (Å²) in [6.07, 6.45) is 0.782. The van der Waals surface area contributed by atoms with Gasteiger partial charge < -0.3 is 10.4 Å². The Balaban J connectivity index is 2.45. The second kappa shape index (κ2) is 10.2. The summed E-state index contributed by atoms with van der Waals surface area (Å²) in [6.45, 7) is 2.62. The number of hydrogen-bond acceptors (Lipinski definition) is 3. The molecule has 0 radical (unpaired) electrons. The maximum Gasteiger partial charge on any atom is 0.234 e. The summed E-state index contributed by atoms with van der Waals surface area (Å²) in [5.74, 6) is -0.196. The van der Waals surface area contributed by atoms with Crippen molar-refractivity contribution in [2.75, 3.05) is 32.1 Å². The van der Waals surface area contributed by atoms with Gasteiger partial charge in [0.25, 0.3) is 0 Å². The standard InChI is InChI=1S/C14H19Cl3N2O2/c15-9-14(21)18-4-1-5-19(6-7-20)10-11-2-3-12(16)13(17)8-11/h2-3,8,20H,1,4-7,9-10H2,(H,18,21). The van der Waals surface area contributed by atoms with Gasteiger partial charge in [-0.15, -0.1) is 11.6 Å². The number of amides is 1. The number of nitrogens with one attached hydrogen (secondary N) is 1. The van der Waals surface area contributed by atoms with Gasteiger partial charge in [-0.25, -0.2) is 0 Å². The van der Waals surface area contributed by atoms with E-state index in [9.17, 15) is 4.79 Å². The van der Waals surface area contributed by atoms with Crippen LogP contribution in [0.1, 0.15) is 12.0 Å². The molecule has 0 aromatic heterocycles. The van der Waals surface area contributed by atoms with E-state index in [0.29, 0.717) is 29.7 Å². The average Bonchev–Trinajstić information content (AvgIpc) is 2.47. The number of alkyl halides is 1. The molecule has 1 aromatic rings. The maximum absolute atomic E-state index is 11.0. The van der Waals surface area contributed by atoms with Crippen LogP contribution < -0.4 is 5.32 Å². The van der Waals surface area contributed by atoms with Crippen molar-refractivity contribution in [3.8, 4) is 0 Å². The first-order valence-electron chi connectivity index (χ1n) is 6.66. The number of carbonyl (C=O) groups is 1. The third kappa shape index (κ3) is 7.34. The van der Waals surface area contributed by atoms with Crippen molar-refractivity contribution in [1.82, 2.24) is 10.2 Å². The van der Waals surface area contributed by atoms with Crippen molar-refractivity contribution in [1.29, 1.82) is 0 Å². The number of rotatable bonds is 9. The number of nitrogens with zero attached hydrogens (tertiary/aromatic N) is 1. The van der Waals surface area contributed by atoms with Crippen LogP contribution in [0, 0.1) is 0 Å². The first-order valence-corrected chi connectivity index (χ1v) is 7.95. The summed E-state index contributed by atoms with van der Waals surface area (Å²) in [6, 6.07) is 5.49. The fraction of sp³-hybridized carbons (Fsp3) is 0.500. The van der Waals surface area contributed by atoms with Gasteiger partial charge in [0, 0.05) is 26.2 Å². The van der Waals surface area contributed by atoms with E-state index in [-0.39, 0.29) is 18.4 Å². The molecule has 4 nitrogen and oxygen atoms in total. The molecule has 0 aliphatic carbocycles. The maximum atomic E-state index is 11.0. The number of hydrogen-bond donors (Lipinski definition) is 2. The second-order valence-corrected chi connectivity index (χ2v) is 5.67. The van der Waals surface area contributed by atoms with Crippen molar-refractivity contribution in [2.24, 2.45) is 0 Å². The summed E-state index contributed by atoms with van der Waals surface area (Å²) >= 11 is 17.3. The lowest BCUT2D eigenvalue weighted by Gasteiger charge is -2.21. The average molecular weight is 354 g/mol. The zero-order valence-corrected chi connectivity index (χ0v) is 13.9. The fourth-order valence-electron chi connectivity index (χ4n) is 1.89. The highest BCUT2D eigenvalue weighted by Gasteiger charge is 2.07. The summed E-state index contributed by atoms with van der Waals surface area (Å²) in [7, 11) is 0. The van der Waals surface area contributed by atoms with E-state index < -0.39 is 0 Å². The van der Waals surface area contributed by atoms with Crippen LogP contribution >= 0.6 is 34.8 Å². The predicted molar refractivity (Wildman–Crippen MR) is 87.2 cm³/mol. The molecule has 0 spiro atoms. The van der Waals surface area contributed by atoms with E-state index in [1.165, 1.54) is 0 Å². The van der Waals surface area contributed by atoms with Gasteiger partial charge in [0.05, 0.1) is 16.7 Å². The Labute approximate surface area is 140 Å². The highest BCUT2D eigenvalue weighted by atomic mass is 35.5. The van der Waals surface area contributed by atoms with Gasteiger partial charge in [-0.2, -0.15) is 0 Å². The molecular formula is C14H19Cl3N2O2. The smallest absolute Gasteiger partial charge is 0.234 e. The highest BCUT2D eigenvalue weighted by molar-refractivity contribution is 6.42. The molecule has 0 unspecified atom stereocenters. The van der Waals surface area contributed by atoms with Crippen molar-refractivity contribution in [3.05, 3.63) is 33.8 Å². The van der Waals surface area contributed by atoms with Gasteiger partial charge in [-0.1, -0.05) is 29.3 Å².